The number of carbonyl (C=O) groups excluding carboxylic acids is 1. The Bertz CT molecular complexity index is 1140. The Morgan fingerprint density at radius 3 is 2.42 bits per heavy atom. The third kappa shape index (κ3) is 4.47. The van der Waals surface area contributed by atoms with Gasteiger partial charge in [-0.3, -0.25) is 4.79 Å². The number of ether oxygens (including phenoxy) is 1. The van der Waals surface area contributed by atoms with Gasteiger partial charge in [0, 0.05) is 30.4 Å². The van der Waals surface area contributed by atoms with Crippen molar-refractivity contribution in [2.45, 2.75) is 19.1 Å². The second-order valence-electron chi connectivity index (χ2n) is 7.27. The summed E-state index contributed by atoms with van der Waals surface area (Å²) >= 11 is 0. The van der Waals surface area contributed by atoms with Gasteiger partial charge >= 0.3 is 6.18 Å². The summed E-state index contributed by atoms with van der Waals surface area (Å²) in [5.41, 5.74) is 7.31. The zero-order chi connectivity index (χ0) is 22.2. The summed E-state index contributed by atoms with van der Waals surface area (Å²) in [6.45, 7) is 0.895. The zero-order valence-corrected chi connectivity index (χ0v) is 16.2. The van der Waals surface area contributed by atoms with Crippen LogP contribution in [0.25, 0.3) is 0 Å². The SMILES string of the molecule is Nc1cccc(C(=O)N2CCc3ccc(Oc4ccc(C(F)(F)F)c(F)c4)cc3C2)c1. The highest BCUT2D eigenvalue weighted by molar-refractivity contribution is 5.95. The average Bonchev–Trinajstić information content (AvgIpc) is 2.72. The normalized spacial score (nSPS) is 13.6. The summed E-state index contributed by atoms with van der Waals surface area (Å²) in [7, 11) is 0. The number of nitrogen functional groups attached to an aromatic ring is 1. The molecule has 0 saturated carbocycles. The molecule has 0 bridgehead atoms. The molecule has 0 atom stereocenters. The molecule has 1 aliphatic rings. The quantitative estimate of drug-likeness (QED) is 0.446. The van der Waals surface area contributed by atoms with Crippen molar-refractivity contribution >= 4 is 11.6 Å². The number of rotatable bonds is 3. The molecular formula is C23H18F4N2O2. The molecule has 4 nitrogen and oxygen atoms in total. The van der Waals surface area contributed by atoms with Gasteiger partial charge in [-0.1, -0.05) is 12.1 Å². The van der Waals surface area contributed by atoms with Crippen LogP contribution < -0.4 is 10.5 Å². The van der Waals surface area contributed by atoms with Crippen LogP contribution in [0.2, 0.25) is 0 Å². The Hall–Kier alpha value is -3.55. The number of fused-ring (bicyclic) bond motifs is 1. The molecule has 3 aromatic carbocycles. The molecule has 0 aromatic heterocycles. The van der Waals surface area contributed by atoms with Gasteiger partial charge in [-0.2, -0.15) is 13.2 Å². The second-order valence-corrected chi connectivity index (χ2v) is 7.27. The largest absolute Gasteiger partial charge is 0.457 e. The fraction of sp³-hybridized carbons (Fsp3) is 0.174. The molecule has 1 amide bonds. The first-order valence-electron chi connectivity index (χ1n) is 9.52. The lowest BCUT2D eigenvalue weighted by atomic mass is 9.98. The monoisotopic (exact) mass is 430 g/mol. The van der Waals surface area contributed by atoms with Crippen LogP contribution in [0.15, 0.2) is 60.7 Å². The van der Waals surface area contributed by atoms with E-state index >= 15 is 0 Å². The predicted octanol–water partition coefficient (Wildman–Crippen LogP) is 5.42. The van der Waals surface area contributed by atoms with E-state index in [1.807, 2.05) is 6.07 Å². The van der Waals surface area contributed by atoms with Crippen molar-refractivity contribution in [3.8, 4) is 11.5 Å². The highest BCUT2D eigenvalue weighted by Gasteiger charge is 2.34. The number of amides is 1. The molecule has 1 aliphatic heterocycles. The van der Waals surface area contributed by atoms with Crippen molar-refractivity contribution in [1.29, 1.82) is 0 Å². The Labute approximate surface area is 175 Å². The fourth-order valence-electron chi connectivity index (χ4n) is 3.55. The molecule has 3 aromatic rings. The Balaban J connectivity index is 1.52. The van der Waals surface area contributed by atoms with Crippen LogP contribution in [0.1, 0.15) is 27.0 Å². The molecule has 2 N–H and O–H groups in total. The molecule has 0 unspecified atom stereocenters. The van der Waals surface area contributed by atoms with E-state index in [1.165, 1.54) is 0 Å². The van der Waals surface area contributed by atoms with E-state index in [2.05, 4.69) is 0 Å². The summed E-state index contributed by atoms with van der Waals surface area (Å²) in [5, 5.41) is 0. The summed E-state index contributed by atoms with van der Waals surface area (Å²) < 4.78 is 57.5. The highest BCUT2D eigenvalue weighted by Crippen LogP contribution is 2.34. The van der Waals surface area contributed by atoms with Gasteiger partial charge in [-0.15, -0.1) is 0 Å². The molecular weight excluding hydrogens is 412 g/mol. The van der Waals surface area contributed by atoms with Crippen LogP contribution in [0.5, 0.6) is 11.5 Å². The topological polar surface area (TPSA) is 55.6 Å². The lowest BCUT2D eigenvalue weighted by Gasteiger charge is -2.29. The number of hydrogen-bond donors (Lipinski definition) is 1. The number of anilines is 1. The molecule has 0 aliphatic carbocycles. The number of nitrogens with zero attached hydrogens (tertiary/aromatic N) is 1. The van der Waals surface area contributed by atoms with Crippen molar-refractivity contribution in [3.63, 3.8) is 0 Å². The predicted molar refractivity (Wildman–Crippen MR) is 107 cm³/mol. The van der Waals surface area contributed by atoms with E-state index in [1.54, 1.807) is 41.3 Å². The lowest BCUT2D eigenvalue weighted by molar-refractivity contribution is -0.140. The maximum atomic E-state index is 13.8. The van der Waals surface area contributed by atoms with Crippen LogP contribution in [0, 0.1) is 5.82 Å². The van der Waals surface area contributed by atoms with Gasteiger partial charge in [0.15, 0.2) is 0 Å². The zero-order valence-electron chi connectivity index (χ0n) is 16.2. The van der Waals surface area contributed by atoms with Crippen molar-refractivity contribution in [1.82, 2.24) is 4.90 Å². The molecule has 4 rings (SSSR count). The number of hydrogen-bond acceptors (Lipinski definition) is 3. The summed E-state index contributed by atoms with van der Waals surface area (Å²) in [6.07, 6.45) is -4.12. The van der Waals surface area contributed by atoms with Crippen molar-refractivity contribution in [3.05, 3.63) is 88.7 Å². The third-order valence-corrected chi connectivity index (χ3v) is 5.09. The van der Waals surface area contributed by atoms with Gasteiger partial charge in [0.2, 0.25) is 0 Å². The Morgan fingerprint density at radius 2 is 1.71 bits per heavy atom. The minimum absolute atomic E-state index is 0.0473. The standard InChI is InChI=1S/C23H18F4N2O2/c24-21-12-19(6-7-20(21)23(25,26)27)31-18-5-4-14-8-9-29(13-16(14)11-18)22(30)15-2-1-3-17(28)10-15/h1-7,10-12H,8-9,13,28H2. The van der Waals surface area contributed by atoms with Gasteiger partial charge in [0.1, 0.15) is 17.3 Å². The van der Waals surface area contributed by atoms with Crippen LogP contribution in [0.3, 0.4) is 0 Å². The number of carbonyl (C=O) groups is 1. The first-order chi connectivity index (χ1) is 14.7. The minimum atomic E-state index is -4.77. The Kier molecular flexibility index (Phi) is 5.31. The molecule has 0 spiro atoms. The fourth-order valence-corrected chi connectivity index (χ4v) is 3.55. The van der Waals surface area contributed by atoms with Crippen molar-refractivity contribution in [2.24, 2.45) is 0 Å². The molecule has 1 heterocycles. The average molecular weight is 430 g/mol. The first-order valence-corrected chi connectivity index (χ1v) is 9.52. The van der Waals surface area contributed by atoms with Gasteiger partial charge in [-0.05, 0) is 60.0 Å². The summed E-state index contributed by atoms with van der Waals surface area (Å²) in [6, 6.07) is 14.4. The smallest absolute Gasteiger partial charge is 0.419 e. The summed E-state index contributed by atoms with van der Waals surface area (Å²) in [4.78, 5) is 14.5. The van der Waals surface area contributed by atoms with Gasteiger partial charge in [0.05, 0.1) is 5.56 Å². The van der Waals surface area contributed by atoms with Crippen LogP contribution >= 0.6 is 0 Å². The third-order valence-electron chi connectivity index (χ3n) is 5.09. The molecule has 0 saturated heterocycles. The molecule has 8 heteroatoms. The van der Waals surface area contributed by atoms with Gasteiger partial charge in [-0.25, -0.2) is 4.39 Å². The minimum Gasteiger partial charge on any atom is -0.457 e. The second kappa shape index (κ2) is 7.94. The number of halogens is 4. The van der Waals surface area contributed by atoms with Crippen LogP contribution in [-0.4, -0.2) is 17.4 Å². The number of alkyl halides is 3. The van der Waals surface area contributed by atoms with Crippen LogP contribution in [0.4, 0.5) is 23.2 Å². The van der Waals surface area contributed by atoms with E-state index in [9.17, 15) is 22.4 Å². The van der Waals surface area contributed by atoms with E-state index in [-0.39, 0.29) is 11.7 Å². The van der Waals surface area contributed by atoms with E-state index in [4.69, 9.17) is 10.5 Å². The van der Waals surface area contributed by atoms with Gasteiger partial charge in [0.25, 0.3) is 5.91 Å². The van der Waals surface area contributed by atoms with Crippen LogP contribution in [-0.2, 0) is 19.1 Å². The first kappa shape index (κ1) is 20.7. The maximum Gasteiger partial charge on any atom is 0.419 e. The Morgan fingerprint density at radius 1 is 0.968 bits per heavy atom. The molecule has 0 fully saturated rings. The lowest BCUT2D eigenvalue weighted by Crippen LogP contribution is -2.35. The van der Waals surface area contributed by atoms with E-state index < -0.39 is 17.6 Å². The summed E-state index contributed by atoms with van der Waals surface area (Å²) in [5.74, 6) is -1.25. The van der Waals surface area contributed by atoms with E-state index in [0.717, 1.165) is 17.2 Å². The maximum absolute atomic E-state index is 13.8. The van der Waals surface area contributed by atoms with Crippen molar-refractivity contribution in [2.75, 3.05) is 12.3 Å². The van der Waals surface area contributed by atoms with E-state index in [0.29, 0.717) is 48.6 Å². The van der Waals surface area contributed by atoms with Crippen molar-refractivity contribution < 1.29 is 27.1 Å². The number of benzene rings is 3. The van der Waals surface area contributed by atoms with Gasteiger partial charge < -0.3 is 15.4 Å². The number of nitrogens with two attached hydrogens (primary N) is 1. The molecule has 160 valence electrons. The molecule has 31 heavy (non-hydrogen) atoms. The highest BCUT2D eigenvalue weighted by atomic mass is 19.4. The molecule has 0 radical (unpaired) electrons.